The maximum absolute atomic E-state index is 13.3. The van der Waals surface area contributed by atoms with Crippen molar-refractivity contribution in [1.29, 1.82) is 0 Å². The van der Waals surface area contributed by atoms with Crippen LogP contribution in [-0.2, 0) is 6.54 Å². The highest BCUT2D eigenvalue weighted by atomic mass is 35.5. The predicted molar refractivity (Wildman–Crippen MR) is 69.7 cm³/mol. The topological polar surface area (TPSA) is 35.8 Å². The van der Waals surface area contributed by atoms with E-state index in [0.717, 1.165) is 30.8 Å². The summed E-state index contributed by atoms with van der Waals surface area (Å²) in [7, 11) is 0. The molecular formula is C13H16ClFN2O. The van der Waals surface area contributed by atoms with Crippen molar-refractivity contribution in [2.45, 2.75) is 19.9 Å². The number of oxime groups is 1. The molecule has 1 heterocycles. The predicted octanol–water partition coefficient (Wildman–Crippen LogP) is 3.15. The molecule has 1 N–H and O–H groups in total. The van der Waals surface area contributed by atoms with Crippen molar-refractivity contribution in [3.05, 3.63) is 34.6 Å². The molecule has 2 rings (SSSR count). The van der Waals surface area contributed by atoms with Crippen LogP contribution in [0.15, 0.2) is 23.4 Å². The van der Waals surface area contributed by atoms with Gasteiger partial charge >= 0.3 is 0 Å². The van der Waals surface area contributed by atoms with Gasteiger partial charge in [-0.15, -0.1) is 0 Å². The van der Waals surface area contributed by atoms with Gasteiger partial charge in [0.15, 0.2) is 0 Å². The normalized spacial score (nSPS) is 23.5. The monoisotopic (exact) mass is 270 g/mol. The van der Waals surface area contributed by atoms with Crippen LogP contribution < -0.4 is 0 Å². The van der Waals surface area contributed by atoms with Crippen molar-refractivity contribution >= 4 is 17.3 Å². The molecule has 1 saturated heterocycles. The molecule has 1 aliphatic heterocycles. The molecule has 0 amide bonds. The minimum atomic E-state index is -0.378. The molecule has 0 saturated carbocycles. The number of piperidine rings is 1. The number of benzene rings is 1. The third kappa shape index (κ3) is 2.82. The quantitative estimate of drug-likeness (QED) is 0.662. The van der Waals surface area contributed by atoms with Crippen LogP contribution in [0.3, 0.4) is 0 Å². The second-order valence-corrected chi connectivity index (χ2v) is 5.07. The van der Waals surface area contributed by atoms with Crippen LogP contribution in [-0.4, -0.2) is 28.9 Å². The number of likely N-dealkylation sites (tertiary alicyclic amines) is 1. The molecule has 3 nitrogen and oxygen atoms in total. The van der Waals surface area contributed by atoms with E-state index in [1.165, 1.54) is 6.07 Å². The van der Waals surface area contributed by atoms with Crippen molar-refractivity contribution < 1.29 is 9.60 Å². The Morgan fingerprint density at radius 2 is 2.33 bits per heavy atom. The van der Waals surface area contributed by atoms with Gasteiger partial charge in [0.1, 0.15) is 5.82 Å². The molecule has 0 spiro atoms. The van der Waals surface area contributed by atoms with E-state index in [0.29, 0.717) is 6.54 Å². The Labute approximate surface area is 111 Å². The van der Waals surface area contributed by atoms with Gasteiger partial charge in [-0.2, -0.15) is 0 Å². The van der Waals surface area contributed by atoms with E-state index < -0.39 is 0 Å². The largest absolute Gasteiger partial charge is 0.411 e. The third-order valence-corrected chi connectivity index (χ3v) is 3.76. The number of halogens is 2. The van der Waals surface area contributed by atoms with Gasteiger partial charge in [-0.1, -0.05) is 35.8 Å². The van der Waals surface area contributed by atoms with Gasteiger partial charge < -0.3 is 5.21 Å². The molecule has 1 aromatic carbocycles. The van der Waals surface area contributed by atoms with Crippen LogP contribution in [0.25, 0.3) is 0 Å². The highest BCUT2D eigenvalue weighted by molar-refractivity contribution is 6.31. The maximum atomic E-state index is 13.3. The Morgan fingerprint density at radius 1 is 1.56 bits per heavy atom. The van der Waals surface area contributed by atoms with Crippen molar-refractivity contribution in [1.82, 2.24) is 4.90 Å². The van der Waals surface area contributed by atoms with E-state index in [1.807, 2.05) is 13.0 Å². The third-order valence-electron chi connectivity index (χ3n) is 3.34. The lowest BCUT2D eigenvalue weighted by molar-refractivity contribution is 0.228. The zero-order chi connectivity index (χ0) is 13.1. The number of hydrogen-bond donors (Lipinski definition) is 1. The standard InChI is InChI=1S/C13H16ClFN2O/c1-9-7-17(6-5-12(9)16-18)8-10-3-2-4-11(15)13(10)14/h2-4,9,18H,5-8H2,1H3/b16-12+. The molecule has 1 fully saturated rings. The first-order valence-corrected chi connectivity index (χ1v) is 6.35. The Bertz CT molecular complexity index is 464. The zero-order valence-electron chi connectivity index (χ0n) is 10.2. The SMILES string of the molecule is CC1CN(Cc2cccc(F)c2Cl)CC/C1=N\O. The summed E-state index contributed by atoms with van der Waals surface area (Å²) in [4.78, 5) is 2.19. The average Bonchev–Trinajstić information content (AvgIpc) is 2.35. The van der Waals surface area contributed by atoms with E-state index in [-0.39, 0.29) is 16.8 Å². The van der Waals surface area contributed by atoms with Crippen LogP contribution in [0.2, 0.25) is 5.02 Å². The molecule has 1 unspecified atom stereocenters. The van der Waals surface area contributed by atoms with Crippen molar-refractivity contribution in [3.8, 4) is 0 Å². The summed E-state index contributed by atoms with van der Waals surface area (Å²) < 4.78 is 13.3. The molecule has 0 bridgehead atoms. The lowest BCUT2D eigenvalue weighted by atomic mass is 9.97. The highest BCUT2D eigenvalue weighted by Crippen LogP contribution is 2.23. The summed E-state index contributed by atoms with van der Waals surface area (Å²) in [6.07, 6.45) is 0.741. The maximum Gasteiger partial charge on any atom is 0.142 e. The fourth-order valence-electron chi connectivity index (χ4n) is 2.31. The van der Waals surface area contributed by atoms with Crippen LogP contribution in [0, 0.1) is 11.7 Å². The second kappa shape index (κ2) is 5.67. The number of nitrogens with zero attached hydrogens (tertiary/aromatic N) is 2. The van der Waals surface area contributed by atoms with Crippen molar-refractivity contribution in [3.63, 3.8) is 0 Å². The molecule has 98 valence electrons. The van der Waals surface area contributed by atoms with Gasteiger partial charge in [-0.3, -0.25) is 4.90 Å². The van der Waals surface area contributed by atoms with E-state index >= 15 is 0 Å². The average molecular weight is 271 g/mol. The van der Waals surface area contributed by atoms with Gasteiger partial charge in [-0.25, -0.2) is 4.39 Å². The molecule has 1 atom stereocenters. The fourth-order valence-corrected chi connectivity index (χ4v) is 2.49. The van der Waals surface area contributed by atoms with Crippen LogP contribution in [0.1, 0.15) is 18.9 Å². The number of hydrogen-bond acceptors (Lipinski definition) is 3. The fraction of sp³-hybridized carbons (Fsp3) is 0.462. The van der Waals surface area contributed by atoms with Gasteiger partial charge in [-0.05, 0) is 11.6 Å². The molecule has 0 aliphatic carbocycles. The Hall–Kier alpha value is -1.13. The van der Waals surface area contributed by atoms with Gasteiger partial charge in [0.05, 0.1) is 10.7 Å². The lowest BCUT2D eigenvalue weighted by Gasteiger charge is -2.31. The molecule has 1 aromatic rings. The Balaban J connectivity index is 2.05. The first-order chi connectivity index (χ1) is 8.61. The minimum absolute atomic E-state index is 0.201. The smallest absolute Gasteiger partial charge is 0.142 e. The molecule has 18 heavy (non-hydrogen) atoms. The van der Waals surface area contributed by atoms with E-state index in [2.05, 4.69) is 10.1 Å². The minimum Gasteiger partial charge on any atom is -0.411 e. The second-order valence-electron chi connectivity index (χ2n) is 4.69. The Morgan fingerprint density at radius 3 is 3.00 bits per heavy atom. The van der Waals surface area contributed by atoms with Crippen LogP contribution in [0.4, 0.5) is 4.39 Å². The molecule has 0 radical (unpaired) electrons. The highest BCUT2D eigenvalue weighted by Gasteiger charge is 2.23. The van der Waals surface area contributed by atoms with Crippen molar-refractivity contribution in [2.24, 2.45) is 11.1 Å². The first kappa shape index (κ1) is 13.3. The van der Waals surface area contributed by atoms with E-state index in [1.54, 1.807) is 6.07 Å². The van der Waals surface area contributed by atoms with Gasteiger partial charge in [0.2, 0.25) is 0 Å². The lowest BCUT2D eigenvalue weighted by Crippen LogP contribution is -2.39. The van der Waals surface area contributed by atoms with E-state index in [4.69, 9.17) is 16.8 Å². The summed E-state index contributed by atoms with van der Waals surface area (Å²) in [6, 6.07) is 4.87. The van der Waals surface area contributed by atoms with Gasteiger partial charge in [0, 0.05) is 32.0 Å². The first-order valence-electron chi connectivity index (χ1n) is 5.98. The molecule has 1 aliphatic rings. The van der Waals surface area contributed by atoms with E-state index in [9.17, 15) is 4.39 Å². The Kier molecular flexibility index (Phi) is 4.19. The molecule has 5 heteroatoms. The number of rotatable bonds is 2. The summed E-state index contributed by atoms with van der Waals surface area (Å²) >= 11 is 5.94. The molecule has 0 aromatic heterocycles. The summed E-state index contributed by atoms with van der Waals surface area (Å²) in [6.45, 7) is 4.25. The van der Waals surface area contributed by atoms with Gasteiger partial charge in [0.25, 0.3) is 0 Å². The van der Waals surface area contributed by atoms with Crippen LogP contribution in [0.5, 0.6) is 0 Å². The summed E-state index contributed by atoms with van der Waals surface area (Å²) in [5.41, 5.74) is 1.63. The van der Waals surface area contributed by atoms with Crippen LogP contribution >= 0.6 is 11.6 Å². The molecular weight excluding hydrogens is 255 g/mol. The summed E-state index contributed by atoms with van der Waals surface area (Å²) in [5, 5.41) is 12.3. The van der Waals surface area contributed by atoms with Crippen molar-refractivity contribution in [2.75, 3.05) is 13.1 Å². The zero-order valence-corrected chi connectivity index (χ0v) is 11.0. The summed E-state index contributed by atoms with van der Waals surface area (Å²) in [5.74, 6) is -0.159.